The molecule has 0 bridgehead atoms. The van der Waals surface area contributed by atoms with Crippen LogP contribution < -0.4 is 0 Å². The van der Waals surface area contributed by atoms with E-state index in [1.165, 1.54) is 154 Å². The van der Waals surface area contributed by atoms with Gasteiger partial charge in [0.1, 0.15) is 12.7 Å². The molecule has 0 heterocycles. The standard InChI is InChI=1S/C64H117O11P/c1-4-7-10-13-16-19-22-25-27-29-30-32-34-37-40-43-46-49-52-55-64(68)75-61(57-71-62(66)53-50-47-44-41-38-36-33-31-28-26-23-20-17-14-11-8-5-2)59-73-76(69,70)72-58-60(56-65)74-63(67)54-51-48-45-42-39-35-24-21-18-15-12-9-6-3/h12,15,21,24-28,60-61,65H,4-11,13-14,16-20,22-23,29-59H2,1-3H3,(H,69,70)/b15-12-,24-21-,27-25-,28-26-. The molecule has 3 atom stereocenters. The summed E-state index contributed by atoms with van der Waals surface area (Å²) < 4.78 is 39.6. The number of aliphatic hydroxyl groups excluding tert-OH is 1. The Morgan fingerprint density at radius 1 is 0.368 bits per heavy atom. The SMILES string of the molecule is CCC/C=C\C/C=C\CCCCCCCC(=O)OC(CO)COP(=O)(O)OCC(COC(=O)CCCCCCCCC/C=C\CCCCCCCC)OC(=O)CCCCCCCCCCC/C=C\CCCCCCCC. The lowest BCUT2D eigenvalue weighted by molar-refractivity contribution is -0.161. The number of carbonyl (C=O) groups excluding carboxylic acids is 3. The summed E-state index contributed by atoms with van der Waals surface area (Å²) in [5, 5.41) is 9.82. The minimum Gasteiger partial charge on any atom is -0.462 e. The summed E-state index contributed by atoms with van der Waals surface area (Å²) in [6.07, 6.45) is 63.5. The Labute approximate surface area is 466 Å². The molecule has 0 aromatic heterocycles. The molecule has 76 heavy (non-hydrogen) atoms. The van der Waals surface area contributed by atoms with Crippen molar-refractivity contribution < 1.29 is 52.2 Å². The molecular weight excluding hydrogens is 976 g/mol. The molecule has 0 rings (SSSR count). The van der Waals surface area contributed by atoms with Crippen molar-refractivity contribution in [1.29, 1.82) is 0 Å². The van der Waals surface area contributed by atoms with Crippen LogP contribution in [0.1, 0.15) is 303 Å². The number of phosphoric acid groups is 1. The maximum atomic E-state index is 12.9. The Hall–Kier alpha value is -2.56. The summed E-state index contributed by atoms with van der Waals surface area (Å²) in [6.45, 7) is 4.60. The van der Waals surface area contributed by atoms with Gasteiger partial charge in [-0.1, -0.05) is 236 Å². The van der Waals surface area contributed by atoms with Crippen molar-refractivity contribution in [3.8, 4) is 0 Å². The first kappa shape index (κ1) is 73.4. The first-order chi connectivity index (χ1) is 37.2. The first-order valence-electron chi connectivity index (χ1n) is 31.5. The average molecular weight is 1090 g/mol. The van der Waals surface area contributed by atoms with Crippen LogP contribution in [0.25, 0.3) is 0 Å². The number of ether oxygens (including phenoxy) is 3. The summed E-state index contributed by atoms with van der Waals surface area (Å²) in [5.41, 5.74) is 0. The fraction of sp³-hybridized carbons (Fsp3) is 0.828. The van der Waals surface area contributed by atoms with E-state index in [0.29, 0.717) is 19.3 Å². The van der Waals surface area contributed by atoms with Crippen molar-refractivity contribution >= 4 is 25.7 Å². The van der Waals surface area contributed by atoms with Crippen LogP contribution in [0.5, 0.6) is 0 Å². The number of hydrogen-bond acceptors (Lipinski definition) is 10. The number of hydrogen-bond donors (Lipinski definition) is 2. The van der Waals surface area contributed by atoms with E-state index in [1.54, 1.807) is 0 Å². The second-order valence-electron chi connectivity index (χ2n) is 21.2. The normalized spacial score (nSPS) is 13.6. The maximum Gasteiger partial charge on any atom is 0.472 e. The van der Waals surface area contributed by atoms with Gasteiger partial charge in [0.05, 0.1) is 19.8 Å². The van der Waals surface area contributed by atoms with E-state index in [0.717, 1.165) is 89.9 Å². The van der Waals surface area contributed by atoms with Gasteiger partial charge in [0, 0.05) is 19.3 Å². The maximum absolute atomic E-state index is 12.9. The third-order valence-electron chi connectivity index (χ3n) is 13.7. The molecule has 12 heteroatoms. The van der Waals surface area contributed by atoms with E-state index in [1.807, 2.05) is 0 Å². The third-order valence-corrected chi connectivity index (χ3v) is 14.6. The first-order valence-corrected chi connectivity index (χ1v) is 33.0. The number of esters is 3. The van der Waals surface area contributed by atoms with Crippen molar-refractivity contribution in [2.75, 3.05) is 26.4 Å². The molecule has 11 nitrogen and oxygen atoms in total. The van der Waals surface area contributed by atoms with Gasteiger partial charge in [-0.05, 0) is 96.3 Å². The average Bonchev–Trinajstić information content (AvgIpc) is 3.41. The molecule has 0 aromatic carbocycles. The highest BCUT2D eigenvalue weighted by Gasteiger charge is 2.28. The van der Waals surface area contributed by atoms with Crippen molar-refractivity contribution in [2.24, 2.45) is 0 Å². The van der Waals surface area contributed by atoms with Crippen LogP contribution >= 0.6 is 7.82 Å². The van der Waals surface area contributed by atoms with Gasteiger partial charge in [0.25, 0.3) is 0 Å². The zero-order chi connectivity index (χ0) is 55.5. The number of allylic oxidation sites excluding steroid dienone is 8. The molecule has 444 valence electrons. The summed E-state index contributed by atoms with van der Waals surface area (Å²) in [7, 11) is -4.75. The molecule has 0 aromatic rings. The zero-order valence-corrected chi connectivity index (χ0v) is 50.1. The van der Waals surface area contributed by atoms with Gasteiger partial charge in [-0.2, -0.15) is 0 Å². The number of unbranched alkanes of at least 4 members (excludes halogenated alkanes) is 34. The Kier molecular flexibility index (Phi) is 56.6. The number of aliphatic hydroxyl groups is 1. The fourth-order valence-corrected chi connectivity index (χ4v) is 9.64. The van der Waals surface area contributed by atoms with Gasteiger partial charge >= 0.3 is 25.7 Å². The molecule has 3 unspecified atom stereocenters. The molecule has 0 aliphatic carbocycles. The van der Waals surface area contributed by atoms with Gasteiger partial charge < -0.3 is 24.2 Å². The molecule has 0 amide bonds. The molecule has 0 radical (unpaired) electrons. The molecule has 0 saturated heterocycles. The van der Waals surface area contributed by atoms with E-state index in [9.17, 15) is 28.9 Å². The van der Waals surface area contributed by atoms with E-state index in [2.05, 4.69) is 69.4 Å². The van der Waals surface area contributed by atoms with Crippen molar-refractivity contribution in [3.05, 3.63) is 48.6 Å². The predicted octanol–water partition coefficient (Wildman–Crippen LogP) is 18.9. The van der Waals surface area contributed by atoms with E-state index >= 15 is 0 Å². The minimum atomic E-state index is -4.75. The van der Waals surface area contributed by atoms with Crippen LogP contribution in [0.2, 0.25) is 0 Å². The van der Waals surface area contributed by atoms with Crippen molar-refractivity contribution in [2.45, 2.75) is 315 Å². The van der Waals surface area contributed by atoms with Crippen molar-refractivity contribution in [3.63, 3.8) is 0 Å². The predicted molar refractivity (Wildman–Crippen MR) is 316 cm³/mol. The molecule has 0 spiro atoms. The minimum absolute atomic E-state index is 0.162. The Morgan fingerprint density at radius 3 is 1.04 bits per heavy atom. The molecule has 2 N–H and O–H groups in total. The van der Waals surface area contributed by atoms with Gasteiger partial charge in [-0.15, -0.1) is 0 Å². The van der Waals surface area contributed by atoms with Crippen LogP contribution in [-0.2, 0) is 42.2 Å². The van der Waals surface area contributed by atoms with Crippen LogP contribution in [0.15, 0.2) is 48.6 Å². The number of carbonyl (C=O) groups is 3. The van der Waals surface area contributed by atoms with Crippen LogP contribution in [0, 0.1) is 0 Å². The van der Waals surface area contributed by atoms with E-state index in [4.69, 9.17) is 23.3 Å². The summed E-state index contributed by atoms with van der Waals surface area (Å²) in [5.74, 6) is -1.47. The summed E-state index contributed by atoms with van der Waals surface area (Å²) in [6, 6.07) is 0. The van der Waals surface area contributed by atoms with Gasteiger partial charge in [0.15, 0.2) is 6.10 Å². The van der Waals surface area contributed by atoms with Crippen LogP contribution in [-0.4, -0.2) is 66.5 Å². The van der Waals surface area contributed by atoms with Crippen molar-refractivity contribution in [1.82, 2.24) is 0 Å². The third kappa shape index (κ3) is 56.2. The highest BCUT2D eigenvalue weighted by atomic mass is 31.2. The van der Waals surface area contributed by atoms with E-state index in [-0.39, 0.29) is 25.9 Å². The Morgan fingerprint density at radius 2 is 0.671 bits per heavy atom. The van der Waals surface area contributed by atoms with Crippen LogP contribution in [0.3, 0.4) is 0 Å². The fourth-order valence-electron chi connectivity index (χ4n) is 8.86. The molecule has 0 aliphatic rings. The van der Waals surface area contributed by atoms with Gasteiger partial charge in [0.2, 0.25) is 0 Å². The lowest BCUT2D eigenvalue weighted by atomic mass is 10.1. The van der Waals surface area contributed by atoms with Gasteiger partial charge in [-0.25, -0.2) is 4.57 Å². The van der Waals surface area contributed by atoms with Crippen LogP contribution in [0.4, 0.5) is 0 Å². The monoisotopic (exact) mass is 1090 g/mol. The summed E-state index contributed by atoms with van der Waals surface area (Å²) in [4.78, 5) is 48.7. The van der Waals surface area contributed by atoms with E-state index < -0.39 is 57.8 Å². The highest BCUT2D eigenvalue weighted by molar-refractivity contribution is 7.47. The molecule has 0 fully saturated rings. The van der Waals surface area contributed by atoms with Gasteiger partial charge in [-0.3, -0.25) is 23.4 Å². The molecule has 0 saturated carbocycles. The lowest BCUT2D eigenvalue weighted by Gasteiger charge is -2.21. The number of rotatable bonds is 59. The topological polar surface area (TPSA) is 155 Å². The lowest BCUT2D eigenvalue weighted by Crippen LogP contribution is -2.30. The molecule has 0 aliphatic heterocycles. The summed E-state index contributed by atoms with van der Waals surface area (Å²) >= 11 is 0. The Balaban J connectivity index is 4.70. The quantitative estimate of drug-likeness (QED) is 0.0197. The molecular formula is C64H117O11P. The Bertz CT molecular complexity index is 1460. The number of phosphoric ester groups is 1. The second-order valence-corrected chi connectivity index (χ2v) is 22.7. The highest BCUT2D eigenvalue weighted by Crippen LogP contribution is 2.43. The smallest absolute Gasteiger partial charge is 0.462 e. The largest absolute Gasteiger partial charge is 0.472 e. The second kappa shape index (κ2) is 58.6. The zero-order valence-electron chi connectivity index (χ0n) is 49.2.